The van der Waals surface area contributed by atoms with E-state index in [0.717, 1.165) is 37.3 Å². The number of hydrogen-bond acceptors (Lipinski definition) is 5. The number of phenolic OH excluding ortho intramolecular Hbond substituents is 1. The Balaban J connectivity index is 0.00000210. The largest absolute Gasteiger partial charge is 0.573 e. The summed E-state index contributed by atoms with van der Waals surface area (Å²) in [6.45, 7) is 3.21. The molecule has 10 heteroatoms. The maximum Gasteiger partial charge on any atom is 0.573 e. The molecule has 0 spiro atoms. The number of rotatable bonds is 5. The lowest BCUT2D eigenvalue weighted by Gasteiger charge is -2.35. The van der Waals surface area contributed by atoms with Gasteiger partial charge in [-0.1, -0.05) is 18.2 Å². The van der Waals surface area contributed by atoms with Crippen LogP contribution in [-0.2, 0) is 0 Å². The molecule has 1 atom stereocenters. The highest BCUT2D eigenvalue weighted by atomic mass is 35.5. The number of benzene rings is 2. The van der Waals surface area contributed by atoms with Crippen LogP contribution in [0.1, 0.15) is 17.2 Å². The molecule has 2 aromatic rings. The number of nitrogens with one attached hydrogen (secondary N) is 1. The van der Waals surface area contributed by atoms with Crippen molar-refractivity contribution in [2.45, 2.75) is 12.4 Å². The number of methoxy groups -OCH3 is 1. The lowest BCUT2D eigenvalue weighted by atomic mass is 9.96. The monoisotopic (exact) mass is 454 g/mol. The summed E-state index contributed by atoms with van der Waals surface area (Å²) in [5, 5.41) is 13.2. The summed E-state index contributed by atoms with van der Waals surface area (Å²) in [7, 11) is 1.47. The van der Waals surface area contributed by atoms with Gasteiger partial charge in [-0.25, -0.2) is 0 Å². The molecule has 1 aliphatic rings. The van der Waals surface area contributed by atoms with Gasteiger partial charge >= 0.3 is 6.36 Å². The smallest absolute Gasteiger partial charge is 0.504 e. The standard InChI is InChI=1S/C19H21F3N2O3.2ClH/c1-26-17-12-14(4-7-16(17)25)18(24-10-8-23-9-11-24)13-2-5-15(6-3-13)27-19(20,21)22;;/h2-7,12,18,23,25H,8-11H2,1H3;2*1H/t18-;;/m1../s1. The first-order valence-electron chi connectivity index (χ1n) is 8.55. The highest BCUT2D eigenvalue weighted by Crippen LogP contribution is 2.35. The fourth-order valence-corrected chi connectivity index (χ4v) is 3.27. The van der Waals surface area contributed by atoms with Gasteiger partial charge in [-0.05, 0) is 35.4 Å². The van der Waals surface area contributed by atoms with Crippen molar-refractivity contribution >= 4 is 24.8 Å². The molecule has 29 heavy (non-hydrogen) atoms. The minimum Gasteiger partial charge on any atom is -0.504 e. The van der Waals surface area contributed by atoms with Crippen LogP contribution in [0.4, 0.5) is 13.2 Å². The van der Waals surface area contributed by atoms with Gasteiger partial charge in [-0.3, -0.25) is 4.90 Å². The molecule has 0 aromatic heterocycles. The fourth-order valence-electron chi connectivity index (χ4n) is 3.27. The van der Waals surface area contributed by atoms with Crippen LogP contribution >= 0.6 is 24.8 Å². The zero-order valence-corrected chi connectivity index (χ0v) is 17.2. The predicted octanol–water partition coefficient (Wildman–Crippen LogP) is 4.14. The lowest BCUT2D eigenvalue weighted by molar-refractivity contribution is -0.274. The van der Waals surface area contributed by atoms with E-state index >= 15 is 0 Å². The molecular formula is C19H23Cl2F3N2O3. The summed E-state index contributed by atoms with van der Waals surface area (Å²) in [5.74, 6) is 0.132. The molecule has 162 valence electrons. The van der Waals surface area contributed by atoms with Gasteiger partial charge in [0.1, 0.15) is 5.75 Å². The van der Waals surface area contributed by atoms with Gasteiger partial charge in [0.2, 0.25) is 0 Å². The molecule has 1 fully saturated rings. The van der Waals surface area contributed by atoms with Crippen molar-refractivity contribution in [3.63, 3.8) is 0 Å². The molecule has 1 heterocycles. The first-order chi connectivity index (χ1) is 12.9. The summed E-state index contributed by atoms with van der Waals surface area (Å²) in [6, 6.07) is 10.8. The van der Waals surface area contributed by atoms with Crippen molar-refractivity contribution in [2.24, 2.45) is 0 Å². The van der Waals surface area contributed by atoms with Gasteiger partial charge < -0.3 is 19.9 Å². The van der Waals surface area contributed by atoms with Crippen molar-refractivity contribution in [3.8, 4) is 17.2 Å². The molecule has 0 saturated carbocycles. The number of nitrogens with zero attached hydrogens (tertiary/aromatic N) is 1. The van der Waals surface area contributed by atoms with Crippen molar-refractivity contribution in [2.75, 3.05) is 33.3 Å². The number of phenols is 1. The molecule has 2 aromatic carbocycles. The molecule has 2 N–H and O–H groups in total. The van der Waals surface area contributed by atoms with E-state index in [2.05, 4.69) is 15.0 Å². The van der Waals surface area contributed by atoms with Gasteiger partial charge in [0.05, 0.1) is 13.2 Å². The van der Waals surface area contributed by atoms with E-state index in [4.69, 9.17) is 4.74 Å². The van der Waals surface area contributed by atoms with E-state index < -0.39 is 6.36 Å². The Hall–Kier alpha value is -1.87. The van der Waals surface area contributed by atoms with Crippen molar-refractivity contribution in [1.29, 1.82) is 0 Å². The molecule has 0 aliphatic carbocycles. The third-order valence-corrected chi connectivity index (χ3v) is 4.47. The topological polar surface area (TPSA) is 54.0 Å². The van der Waals surface area contributed by atoms with Crippen molar-refractivity contribution in [1.82, 2.24) is 10.2 Å². The minimum atomic E-state index is -4.72. The van der Waals surface area contributed by atoms with Crippen molar-refractivity contribution < 1.29 is 27.8 Å². The van der Waals surface area contributed by atoms with E-state index in [1.54, 1.807) is 30.3 Å². The molecule has 0 amide bonds. The van der Waals surface area contributed by atoms with Crippen molar-refractivity contribution in [3.05, 3.63) is 53.6 Å². The average molecular weight is 455 g/mol. The first-order valence-corrected chi connectivity index (χ1v) is 8.55. The number of alkyl halides is 3. The molecular weight excluding hydrogens is 432 g/mol. The quantitative estimate of drug-likeness (QED) is 0.710. The maximum atomic E-state index is 12.4. The summed E-state index contributed by atoms with van der Waals surface area (Å²) in [6.07, 6.45) is -4.72. The molecule has 0 unspecified atom stereocenters. The van der Waals surface area contributed by atoms with Crippen LogP contribution < -0.4 is 14.8 Å². The average Bonchev–Trinajstić information content (AvgIpc) is 2.64. The maximum absolute atomic E-state index is 12.4. The van der Waals surface area contributed by atoms with Crippen LogP contribution in [0, 0.1) is 0 Å². The van der Waals surface area contributed by atoms with Crippen LogP contribution in [0.3, 0.4) is 0 Å². The number of halogens is 5. The second kappa shape index (κ2) is 10.8. The van der Waals surface area contributed by atoms with Crippen LogP contribution in [0.25, 0.3) is 0 Å². The molecule has 0 bridgehead atoms. The summed E-state index contributed by atoms with van der Waals surface area (Å²) in [5.41, 5.74) is 1.72. The summed E-state index contributed by atoms with van der Waals surface area (Å²) < 4.78 is 46.4. The Kier molecular flexibility index (Phi) is 9.35. The molecule has 3 rings (SSSR count). The molecule has 1 aliphatic heterocycles. The molecule has 1 saturated heterocycles. The fraction of sp³-hybridized carbons (Fsp3) is 0.368. The van der Waals surface area contributed by atoms with E-state index in [1.165, 1.54) is 19.2 Å². The highest BCUT2D eigenvalue weighted by Gasteiger charge is 2.31. The Morgan fingerprint density at radius 2 is 1.59 bits per heavy atom. The summed E-state index contributed by atoms with van der Waals surface area (Å²) >= 11 is 0. The zero-order chi connectivity index (χ0) is 19.4. The molecule has 5 nitrogen and oxygen atoms in total. The second-order valence-electron chi connectivity index (χ2n) is 6.24. The van der Waals surface area contributed by atoms with Crippen LogP contribution in [0.5, 0.6) is 17.2 Å². The number of aromatic hydroxyl groups is 1. The Bertz CT molecular complexity index is 770. The Labute approximate surface area is 179 Å². The zero-order valence-electron chi connectivity index (χ0n) is 15.6. The lowest BCUT2D eigenvalue weighted by Crippen LogP contribution is -2.45. The van der Waals surface area contributed by atoms with Crippen LogP contribution in [0.2, 0.25) is 0 Å². The van der Waals surface area contributed by atoms with Gasteiger partial charge in [0, 0.05) is 26.2 Å². The third kappa shape index (κ3) is 6.57. The van der Waals surface area contributed by atoms with E-state index in [0.29, 0.717) is 5.75 Å². The van der Waals surface area contributed by atoms with E-state index in [1.807, 2.05) is 0 Å². The number of piperazine rings is 1. The van der Waals surface area contributed by atoms with Gasteiger partial charge in [-0.15, -0.1) is 38.0 Å². The predicted molar refractivity (Wildman–Crippen MR) is 109 cm³/mol. The van der Waals surface area contributed by atoms with E-state index in [9.17, 15) is 18.3 Å². The van der Waals surface area contributed by atoms with Gasteiger partial charge in [0.15, 0.2) is 11.5 Å². The second-order valence-corrected chi connectivity index (χ2v) is 6.24. The highest BCUT2D eigenvalue weighted by molar-refractivity contribution is 5.85. The van der Waals surface area contributed by atoms with Gasteiger partial charge in [-0.2, -0.15) is 0 Å². The Morgan fingerprint density at radius 1 is 1.00 bits per heavy atom. The molecule has 0 radical (unpaired) electrons. The first kappa shape index (κ1) is 25.2. The third-order valence-electron chi connectivity index (χ3n) is 4.47. The minimum absolute atomic E-state index is 0. The van der Waals surface area contributed by atoms with Crippen LogP contribution in [-0.4, -0.2) is 49.7 Å². The number of hydrogen-bond donors (Lipinski definition) is 2. The normalized spacial score (nSPS) is 15.6. The Morgan fingerprint density at radius 3 is 2.14 bits per heavy atom. The SMILES string of the molecule is COc1cc([C@@H](c2ccc(OC(F)(F)F)cc2)N2CCNCC2)ccc1O.Cl.Cl. The summed E-state index contributed by atoms with van der Waals surface area (Å²) in [4.78, 5) is 2.24. The van der Waals surface area contributed by atoms with E-state index in [-0.39, 0.29) is 42.4 Å². The van der Waals surface area contributed by atoms with Gasteiger partial charge in [0.25, 0.3) is 0 Å². The number of ether oxygens (including phenoxy) is 2. The van der Waals surface area contributed by atoms with Crippen LogP contribution in [0.15, 0.2) is 42.5 Å².